The van der Waals surface area contributed by atoms with Crippen molar-refractivity contribution in [3.05, 3.63) is 23.8 Å². The van der Waals surface area contributed by atoms with Gasteiger partial charge in [0.25, 0.3) is 0 Å². The largest absolute Gasteiger partial charge is 0.464 e. The van der Waals surface area contributed by atoms with E-state index in [0.717, 1.165) is 5.56 Å². The van der Waals surface area contributed by atoms with Crippen LogP contribution in [0.2, 0.25) is 0 Å². The fourth-order valence-corrected chi connectivity index (χ4v) is 2.98. The van der Waals surface area contributed by atoms with Crippen molar-refractivity contribution in [2.24, 2.45) is 0 Å². The van der Waals surface area contributed by atoms with Crippen LogP contribution in [-0.4, -0.2) is 41.5 Å². The van der Waals surface area contributed by atoms with Gasteiger partial charge in [0, 0.05) is 32.0 Å². The Morgan fingerprint density at radius 2 is 2.08 bits per heavy atom. The van der Waals surface area contributed by atoms with Crippen molar-refractivity contribution in [2.75, 3.05) is 25.6 Å². The average Bonchev–Trinajstić information content (AvgIpc) is 2.78. The third-order valence-electron chi connectivity index (χ3n) is 3.97. The minimum absolute atomic E-state index is 0.242. The van der Waals surface area contributed by atoms with Crippen LogP contribution in [0.25, 0.3) is 0 Å². The topological polar surface area (TPSA) is 94.2 Å². The van der Waals surface area contributed by atoms with Crippen molar-refractivity contribution in [3.8, 4) is 5.75 Å². The highest BCUT2D eigenvalue weighted by Gasteiger charge is 2.42. The van der Waals surface area contributed by atoms with Gasteiger partial charge in [-0.05, 0) is 39.0 Å². The summed E-state index contributed by atoms with van der Waals surface area (Å²) in [5, 5.41) is 0. The van der Waals surface area contributed by atoms with Crippen molar-refractivity contribution < 1.29 is 26.9 Å². The maximum atomic E-state index is 12.2. The molecule has 8 nitrogen and oxygen atoms in total. The maximum Gasteiger partial charge on any atom is 0.430 e. The molecule has 0 spiro atoms. The van der Waals surface area contributed by atoms with Crippen LogP contribution < -0.4 is 14.4 Å². The molecule has 1 aromatic rings. The average molecular weight is 358 g/mol. The van der Waals surface area contributed by atoms with E-state index in [4.69, 9.17) is 9.47 Å². The first-order chi connectivity index (χ1) is 11.2. The summed E-state index contributed by atoms with van der Waals surface area (Å²) in [6.45, 7) is 5.90. The summed E-state index contributed by atoms with van der Waals surface area (Å²) in [6.07, 6.45) is -1.42. The predicted molar refractivity (Wildman–Crippen MR) is 88.4 cm³/mol. The summed E-state index contributed by atoms with van der Waals surface area (Å²) in [6, 6.07) is 5.18. The summed E-state index contributed by atoms with van der Waals surface area (Å²) in [5.41, 5.74) is 0.969. The van der Waals surface area contributed by atoms with Gasteiger partial charge in [0.05, 0.1) is 5.41 Å². The number of hydrogen-bond donors (Lipinski definition) is 1. The lowest BCUT2D eigenvalue weighted by Gasteiger charge is -2.25. The second-order valence-electron chi connectivity index (χ2n) is 5.84. The SMILES string of the molecule is CCN(C(=O)OS(=O)(=O)NC)c1ccc2c(c1)C(C)(C)C(OC)O2. The van der Waals surface area contributed by atoms with E-state index >= 15 is 0 Å². The van der Waals surface area contributed by atoms with Crippen LogP contribution in [-0.2, 0) is 24.6 Å². The van der Waals surface area contributed by atoms with Gasteiger partial charge in [0.15, 0.2) is 0 Å². The van der Waals surface area contributed by atoms with Crippen molar-refractivity contribution in [1.82, 2.24) is 4.72 Å². The van der Waals surface area contributed by atoms with E-state index in [-0.39, 0.29) is 6.54 Å². The van der Waals surface area contributed by atoms with Gasteiger partial charge in [0.2, 0.25) is 6.29 Å². The number of nitrogens with one attached hydrogen (secondary N) is 1. The van der Waals surface area contributed by atoms with Gasteiger partial charge in [-0.3, -0.25) is 4.90 Å². The zero-order valence-electron chi connectivity index (χ0n) is 14.3. The molecule has 0 aliphatic carbocycles. The number of methoxy groups -OCH3 is 1. The van der Waals surface area contributed by atoms with Crippen LogP contribution in [0.5, 0.6) is 5.75 Å². The third-order valence-corrected chi connectivity index (χ3v) is 4.84. The predicted octanol–water partition coefficient (Wildman–Crippen LogP) is 1.76. The molecule has 0 aromatic heterocycles. The lowest BCUT2D eigenvalue weighted by Crippen LogP contribution is -2.36. The first kappa shape index (κ1) is 18.5. The van der Waals surface area contributed by atoms with Crippen LogP contribution in [0.4, 0.5) is 10.5 Å². The van der Waals surface area contributed by atoms with Gasteiger partial charge in [-0.2, -0.15) is 13.1 Å². The Morgan fingerprint density at radius 3 is 2.62 bits per heavy atom. The van der Waals surface area contributed by atoms with Gasteiger partial charge < -0.3 is 13.7 Å². The molecule has 134 valence electrons. The second kappa shape index (κ2) is 6.58. The molecule has 2 rings (SSSR count). The molecule has 1 heterocycles. The molecule has 1 aliphatic heterocycles. The highest BCUT2D eigenvalue weighted by molar-refractivity contribution is 7.85. The number of nitrogens with zero attached hydrogens (tertiary/aromatic N) is 1. The molecular formula is C15H22N2O6S. The molecule has 1 amide bonds. The summed E-state index contributed by atoms with van der Waals surface area (Å²) < 4.78 is 40.4. The van der Waals surface area contributed by atoms with Crippen LogP contribution in [0, 0.1) is 0 Å². The molecule has 1 aromatic carbocycles. The fourth-order valence-electron chi connectivity index (χ4n) is 2.62. The van der Waals surface area contributed by atoms with Crippen LogP contribution in [0.3, 0.4) is 0 Å². The van der Waals surface area contributed by atoms with Gasteiger partial charge in [-0.1, -0.05) is 0 Å². The highest BCUT2D eigenvalue weighted by atomic mass is 32.2. The zero-order valence-corrected chi connectivity index (χ0v) is 15.1. The van der Waals surface area contributed by atoms with E-state index in [2.05, 4.69) is 4.18 Å². The van der Waals surface area contributed by atoms with E-state index in [1.54, 1.807) is 32.2 Å². The van der Waals surface area contributed by atoms with E-state index in [1.165, 1.54) is 11.9 Å². The summed E-state index contributed by atoms with van der Waals surface area (Å²) in [5.74, 6) is 0.669. The number of carbonyl (C=O) groups is 1. The third kappa shape index (κ3) is 3.33. The quantitative estimate of drug-likeness (QED) is 0.862. The first-order valence-corrected chi connectivity index (χ1v) is 8.85. The van der Waals surface area contributed by atoms with Crippen molar-refractivity contribution in [3.63, 3.8) is 0 Å². The zero-order chi connectivity index (χ0) is 18.1. The van der Waals surface area contributed by atoms with Crippen LogP contribution >= 0.6 is 0 Å². The Morgan fingerprint density at radius 1 is 1.42 bits per heavy atom. The number of carbonyl (C=O) groups excluding carboxylic acids is 1. The lowest BCUT2D eigenvalue weighted by atomic mass is 9.85. The number of amides is 1. The molecule has 0 saturated heterocycles. The van der Waals surface area contributed by atoms with Crippen molar-refractivity contribution in [1.29, 1.82) is 0 Å². The molecule has 0 radical (unpaired) electrons. The minimum Gasteiger partial charge on any atom is -0.464 e. The lowest BCUT2D eigenvalue weighted by molar-refractivity contribution is -0.0779. The molecule has 1 unspecified atom stereocenters. The van der Waals surface area contributed by atoms with Gasteiger partial charge in [-0.25, -0.2) is 4.79 Å². The van der Waals surface area contributed by atoms with Gasteiger partial charge >= 0.3 is 16.4 Å². The molecule has 24 heavy (non-hydrogen) atoms. The molecular weight excluding hydrogens is 336 g/mol. The number of ether oxygens (including phenoxy) is 2. The smallest absolute Gasteiger partial charge is 0.430 e. The molecule has 9 heteroatoms. The Hall–Kier alpha value is -1.84. The molecule has 0 saturated carbocycles. The normalized spacial score (nSPS) is 18.6. The summed E-state index contributed by atoms with van der Waals surface area (Å²) in [4.78, 5) is 13.4. The monoisotopic (exact) mass is 358 g/mol. The van der Waals surface area contributed by atoms with E-state index in [1.807, 2.05) is 18.6 Å². The Kier molecular flexibility index (Phi) is 5.07. The van der Waals surface area contributed by atoms with Crippen LogP contribution in [0.1, 0.15) is 26.3 Å². The Bertz CT molecular complexity index is 731. The Labute approximate surface area is 141 Å². The van der Waals surface area contributed by atoms with Gasteiger partial charge in [0.1, 0.15) is 5.75 Å². The molecule has 1 atom stereocenters. The van der Waals surface area contributed by atoms with Crippen molar-refractivity contribution in [2.45, 2.75) is 32.5 Å². The summed E-state index contributed by atoms with van der Waals surface area (Å²) >= 11 is 0. The molecule has 1 N–H and O–H groups in total. The van der Waals surface area contributed by atoms with E-state index in [0.29, 0.717) is 11.4 Å². The van der Waals surface area contributed by atoms with Gasteiger partial charge in [-0.15, -0.1) is 0 Å². The number of fused-ring (bicyclic) bond motifs is 1. The number of benzene rings is 1. The fraction of sp³-hybridized carbons (Fsp3) is 0.533. The number of hydrogen-bond acceptors (Lipinski definition) is 6. The molecule has 0 bridgehead atoms. The Balaban J connectivity index is 2.34. The minimum atomic E-state index is -4.11. The second-order valence-corrected chi connectivity index (χ2v) is 7.32. The number of anilines is 1. The summed E-state index contributed by atoms with van der Waals surface area (Å²) in [7, 11) is -1.38. The standard InChI is InChI=1S/C15H22N2O6S/c1-6-17(14(18)23-24(19,20)16-4)10-7-8-12-11(9-10)15(2,3)13(21-5)22-12/h7-9,13,16H,6H2,1-5H3. The molecule has 0 fully saturated rings. The van der Waals surface area contributed by atoms with Crippen LogP contribution in [0.15, 0.2) is 18.2 Å². The number of rotatable bonds is 5. The van der Waals surface area contributed by atoms with E-state index in [9.17, 15) is 13.2 Å². The first-order valence-electron chi connectivity index (χ1n) is 7.44. The van der Waals surface area contributed by atoms with Crippen molar-refractivity contribution >= 4 is 22.1 Å². The molecule has 1 aliphatic rings. The highest BCUT2D eigenvalue weighted by Crippen LogP contribution is 2.44. The van der Waals surface area contributed by atoms with E-state index < -0.39 is 28.1 Å². The maximum absolute atomic E-state index is 12.2.